The molecular weight excluding hydrogens is 459 g/mol. The number of rotatable bonds is 6. The Hall–Kier alpha value is -1.33. The zero-order chi connectivity index (χ0) is 21.1. The van der Waals surface area contributed by atoms with E-state index in [4.69, 9.17) is 7.80 Å². The number of hydrogen-bond donors (Lipinski definition) is 0. The molecule has 0 N–H and O–H groups in total. The Morgan fingerprint density at radius 2 is 1.61 bits per heavy atom. The first-order valence-electron chi connectivity index (χ1n) is 9.72. The Morgan fingerprint density at radius 3 is 2.07 bits per heavy atom. The van der Waals surface area contributed by atoms with E-state index in [1.807, 2.05) is 41.2 Å². The zero-order valence-corrected chi connectivity index (χ0v) is 20.4. The molecule has 152 valence electrons. The molecule has 2 aromatic carbocycles. The summed E-state index contributed by atoms with van der Waals surface area (Å²) in [6.45, 7) is 17.8. The fourth-order valence-electron chi connectivity index (χ4n) is 3.30. The van der Waals surface area contributed by atoms with Crippen molar-refractivity contribution in [2.45, 2.75) is 64.9 Å². The van der Waals surface area contributed by atoms with E-state index in [1.165, 1.54) is 11.1 Å². The molecule has 0 heterocycles. The standard InChI is InChI=1S/C25H33IO2/c1-17(14-22(27-8)18-12-10-9-11-13-18)20-15-19(24(2,3)4)16-21(23(20)28-26)25(5,6)7/h9-13,15-16,22H,1,14H2,2-8H3. The van der Waals surface area contributed by atoms with Gasteiger partial charge in [0, 0.05) is 24.7 Å². The third-order valence-electron chi connectivity index (χ3n) is 5.11. The molecule has 0 aliphatic heterocycles. The quantitative estimate of drug-likeness (QED) is 0.383. The maximum atomic E-state index is 5.88. The highest BCUT2D eigenvalue weighted by atomic mass is 127. The van der Waals surface area contributed by atoms with Crippen LogP contribution in [0.3, 0.4) is 0 Å². The Balaban J connectivity index is 2.54. The third-order valence-corrected chi connectivity index (χ3v) is 5.55. The van der Waals surface area contributed by atoms with E-state index >= 15 is 0 Å². The second-order valence-corrected chi connectivity index (χ2v) is 9.86. The first kappa shape index (κ1) is 23.0. The Bertz CT molecular complexity index is 811. The fourth-order valence-corrected chi connectivity index (χ4v) is 3.78. The van der Waals surface area contributed by atoms with E-state index in [0.29, 0.717) is 6.42 Å². The predicted octanol–water partition coefficient (Wildman–Crippen LogP) is 7.80. The average molecular weight is 492 g/mol. The van der Waals surface area contributed by atoms with Gasteiger partial charge in [-0.2, -0.15) is 0 Å². The summed E-state index contributed by atoms with van der Waals surface area (Å²) in [5.74, 6) is 0.911. The number of benzene rings is 2. The van der Waals surface area contributed by atoms with E-state index in [9.17, 15) is 0 Å². The predicted molar refractivity (Wildman–Crippen MR) is 128 cm³/mol. The van der Waals surface area contributed by atoms with Crippen molar-refractivity contribution in [3.8, 4) is 5.75 Å². The van der Waals surface area contributed by atoms with Crippen LogP contribution in [0.5, 0.6) is 5.75 Å². The van der Waals surface area contributed by atoms with Gasteiger partial charge in [0.1, 0.15) is 5.75 Å². The monoisotopic (exact) mass is 492 g/mol. The van der Waals surface area contributed by atoms with Crippen molar-refractivity contribution in [2.75, 3.05) is 7.11 Å². The second kappa shape index (κ2) is 9.00. The topological polar surface area (TPSA) is 18.5 Å². The summed E-state index contributed by atoms with van der Waals surface area (Å²) in [6, 6.07) is 14.8. The van der Waals surface area contributed by atoms with E-state index in [2.05, 4.69) is 72.4 Å². The average Bonchev–Trinajstić information content (AvgIpc) is 2.63. The van der Waals surface area contributed by atoms with E-state index in [-0.39, 0.29) is 16.9 Å². The van der Waals surface area contributed by atoms with Gasteiger partial charge in [0.25, 0.3) is 0 Å². The first-order valence-corrected chi connectivity index (χ1v) is 10.6. The molecular formula is C25H33IO2. The summed E-state index contributed by atoms with van der Waals surface area (Å²) in [5, 5.41) is 0. The van der Waals surface area contributed by atoms with Gasteiger partial charge >= 0.3 is 0 Å². The maximum absolute atomic E-state index is 5.88. The van der Waals surface area contributed by atoms with Crippen LogP contribution in [-0.4, -0.2) is 7.11 Å². The lowest BCUT2D eigenvalue weighted by Gasteiger charge is -2.29. The Kier molecular flexibility index (Phi) is 7.38. The van der Waals surface area contributed by atoms with Gasteiger partial charge < -0.3 is 7.80 Å². The lowest BCUT2D eigenvalue weighted by atomic mass is 9.77. The summed E-state index contributed by atoms with van der Waals surface area (Å²) < 4.78 is 11.7. The highest BCUT2D eigenvalue weighted by molar-refractivity contribution is 14.1. The van der Waals surface area contributed by atoms with Gasteiger partial charge in [-0.1, -0.05) is 84.5 Å². The molecule has 2 aromatic rings. The van der Waals surface area contributed by atoms with Crippen LogP contribution < -0.4 is 3.07 Å². The summed E-state index contributed by atoms with van der Waals surface area (Å²) >= 11 is 1.99. The van der Waals surface area contributed by atoms with Crippen molar-refractivity contribution in [1.29, 1.82) is 0 Å². The van der Waals surface area contributed by atoms with E-state index in [1.54, 1.807) is 7.11 Å². The molecule has 2 rings (SSSR count). The smallest absolute Gasteiger partial charge is 0.192 e. The van der Waals surface area contributed by atoms with Gasteiger partial charge in [0.15, 0.2) is 23.0 Å². The molecule has 1 unspecified atom stereocenters. The van der Waals surface area contributed by atoms with Crippen LogP contribution in [0.15, 0.2) is 49.0 Å². The van der Waals surface area contributed by atoms with Crippen molar-refractivity contribution in [1.82, 2.24) is 0 Å². The Morgan fingerprint density at radius 1 is 1.00 bits per heavy atom. The third kappa shape index (κ3) is 5.38. The molecule has 0 aliphatic rings. The summed E-state index contributed by atoms with van der Waals surface area (Å²) in [5.41, 5.74) is 5.77. The minimum absolute atomic E-state index is 0.0309. The van der Waals surface area contributed by atoms with Crippen LogP contribution in [0.25, 0.3) is 5.57 Å². The summed E-state index contributed by atoms with van der Waals surface area (Å²) in [6.07, 6.45) is 0.678. The molecule has 0 bridgehead atoms. The summed E-state index contributed by atoms with van der Waals surface area (Å²) in [7, 11) is 1.76. The lowest BCUT2D eigenvalue weighted by molar-refractivity contribution is 0.108. The lowest BCUT2D eigenvalue weighted by Crippen LogP contribution is -2.18. The Labute approximate surface area is 185 Å². The van der Waals surface area contributed by atoms with Crippen LogP contribution in [0.2, 0.25) is 0 Å². The molecule has 0 amide bonds. The van der Waals surface area contributed by atoms with Crippen LogP contribution in [0.1, 0.15) is 76.3 Å². The van der Waals surface area contributed by atoms with Crippen LogP contribution in [-0.2, 0) is 15.6 Å². The van der Waals surface area contributed by atoms with Crippen molar-refractivity contribution in [2.24, 2.45) is 0 Å². The number of halogens is 1. The summed E-state index contributed by atoms with van der Waals surface area (Å²) in [4.78, 5) is 0. The molecule has 2 nitrogen and oxygen atoms in total. The second-order valence-electron chi connectivity index (χ2n) is 9.42. The maximum Gasteiger partial charge on any atom is 0.192 e. The molecule has 28 heavy (non-hydrogen) atoms. The highest BCUT2D eigenvalue weighted by Crippen LogP contribution is 2.43. The molecule has 0 aliphatic carbocycles. The van der Waals surface area contributed by atoms with Crippen LogP contribution in [0, 0.1) is 0 Å². The van der Waals surface area contributed by atoms with Gasteiger partial charge in [-0.05, 0) is 33.6 Å². The van der Waals surface area contributed by atoms with E-state index in [0.717, 1.165) is 22.4 Å². The van der Waals surface area contributed by atoms with E-state index < -0.39 is 0 Å². The molecule has 3 heteroatoms. The zero-order valence-electron chi connectivity index (χ0n) is 18.2. The molecule has 0 radical (unpaired) electrons. The minimum Gasteiger partial charge on any atom is -0.427 e. The van der Waals surface area contributed by atoms with Crippen molar-refractivity contribution in [3.05, 3.63) is 71.3 Å². The molecule has 0 saturated heterocycles. The van der Waals surface area contributed by atoms with Gasteiger partial charge in [0.2, 0.25) is 0 Å². The highest BCUT2D eigenvalue weighted by Gasteiger charge is 2.27. The van der Waals surface area contributed by atoms with Crippen molar-refractivity contribution < 1.29 is 7.80 Å². The molecule has 0 saturated carbocycles. The normalized spacial score (nSPS) is 13.3. The first-order chi connectivity index (χ1) is 13.0. The van der Waals surface area contributed by atoms with Gasteiger partial charge in [-0.15, -0.1) is 0 Å². The van der Waals surface area contributed by atoms with Crippen LogP contribution >= 0.6 is 23.0 Å². The van der Waals surface area contributed by atoms with Gasteiger partial charge in [0.05, 0.1) is 6.10 Å². The number of ether oxygens (including phenoxy) is 1. The van der Waals surface area contributed by atoms with Gasteiger partial charge in [-0.3, -0.25) is 0 Å². The molecule has 0 aromatic heterocycles. The molecule has 0 fully saturated rings. The fraction of sp³-hybridized carbons (Fsp3) is 0.440. The molecule has 0 spiro atoms. The largest absolute Gasteiger partial charge is 0.427 e. The van der Waals surface area contributed by atoms with Crippen molar-refractivity contribution in [3.63, 3.8) is 0 Å². The number of methoxy groups -OCH3 is 1. The van der Waals surface area contributed by atoms with Crippen molar-refractivity contribution >= 4 is 28.6 Å². The van der Waals surface area contributed by atoms with Crippen LogP contribution in [0.4, 0.5) is 0 Å². The van der Waals surface area contributed by atoms with Gasteiger partial charge in [-0.25, -0.2) is 0 Å². The minimum atomic E-state index is -0.0351. The molecule has 1 atom stereocenters. The number of hydrogen-bond acceptors (Lipinski definition) is 2. The SMILES string of the molecule is C=C(CC(OC)c1ccccc1)c1cc(C(C)(C)C)cc(C(C)(C)C)c1OI.